The number of anilines is 1. The molecule has 1 rings (SSSR count). The summed E-state index contributed by atoms with van der Waals surface area (Å²) in [7, 11) is 1.97. The predicted octanol–water partition coefficient (Wildman–Crippen LogP) is 3.40. The van der Waals surface area contributed by atoms with Crippen LogP contribution < -0.4 is 10.5 Å². The molecule has 1 aromatic heterocycles. The molecule has 5 nitrogen and oxygen atoms in total. The van der Waals surface area contributed by atoms with Crippen molar-refractivity contribution in [2.45, 2.75) is 40.5 Å². The van der Waals surface area contributed by atoms with Crippen LogP contribution in [-0.2, 0) is 0 Å². The molecular formula is C16H28N4O. The molecule has 0 aliphatic rings. The monoisotopic (exact) mass is 292 g/mol. The standard InChI is InChI=1S/C16H28N4O/c1-6-20(5)11-18-15-10-14(17)16(19-13(15)4)21-9-7-8-12(2)3/h10-12H,6-9,17H2,1-5H3/b18-11+. The predicted molar refractivity (Wildman–Crippen MR) is 89.4 cm³/mol. The fourth-order valence-electron chi connectivity index (χ4n) is 1.74. The Balaban J connectivity index is 2.68. The summed E-state index contributed by atoms with van der Waals surface area (Å²) < 4.78 is 5.67. The second-order valence-electron chi connectivity index (χ2n) is 5.69. The summed E-state index contributed by atoms with van der Waals surface area (Å²) >= 11 is 0. The van der Waals surface area contributed by atoms with Crippen LogP contribution in [0.1, 0.15) is 39.3 Å². The van der Waals surface area contributed by atoms with E-state index in [0.717, 1.165) is 30.8 Å². The van der Waals surface area contributed by atoms with E-state index in [4.69, 9.17) is 10.5 Å². The van der Waals surface area contributed by atoms with Gasteiger partial charge in [-0.15, -0.1) is 0 Å². The number of aromatic nitrogens is 1. The summed E-state index contributed by atoms with van der Waals surface area (Å²) in [6.07, 6.45) is 3.94. The maximum Gasteiger partial charge on any atom is 0.237 e. The lowest BCUT2D eigenvalue weighted by atomic mass is 10.1. The van der Waals surface area contributed by atoms with E-state index < -0.39 is 0 Å². The van der Waals surface area contributed by atoms with Crippen LogP contribution in [0.15, 0.2) is 11.1 Å². The Hall–Kier alpha value is -1.78. The third-order valence-electron chi connectivity index (χ3n) is 3.24. The zero-order valence-corrected chi connectivity index (χ0v) is 13.9. The molecule has 0 amide bonds. The Morgan fingerprint density at radius 2 is 2.19 bits per heavy atom. The third kappa shape index (κ3) is 6.02. The molecular weight excluding hydrogens is 264 g/mol. The molecule has 0 bridgehead atoms. The topological polar surface area (TPSA) is 63.7 Å². The van der Waals surface area contributed by atoms with Gasteiger partial charge in [-0.3, -0.25) is 0 Å². The van der Waals surface area contributed by atoms with E-state index in [1.54, 1.807) is 6.34 Å². The van der Waals surface area contributed by atoms with Gasteiger partial charge in [0.05, 0.1) is 30.0 Å². The van der Waals surface area contributed by atoms with Crippen molar-refractivity contribution in [3.8, 4) is 5.88 Å². The number of aliphatic imine (C=N–C) groups is 1. The molecule has 0 radical (unpaired) electrons. The molecule has 118 valence electrons. The minimum Gasteiger partial charge on any atom is -0.476 e. The molecule has 0 fully saturated rings. The highest BCUT2D eigenvalue weighted by Crippen LogP contribution is 2.27. The highest BCUT2D eigenvalue weighted by atomic mass is 16.5. The van der Waals surface area contributed by atoms with E-state index in [2.05, 4.69) is 30.7 Å². The number of hydrogen-bond donors (Lipinski definition) is 1. The molecule has 0 unspecified atom stereocenters. The van der Waals surface area contributed by atoms with Gasteiger partial charge in [0.1, 0.15) is 0 Å². The van der Waals surface area contributed by atoms with Gasteiger partial charge in [-0.25, -0.2) is 9.98 Å². The summed E-state index contributed by atoms with van der Waals surface area (Å²) in [5.41, 5.74) is 8.14. The molecule has 5 heteroatoms. The first-order valence-corrected chi connectivity index (χ1v) is 7.58. The molecule has 0 atom stereocenters. The molecule has 1 heterocycles. The summed E-state index contributed by atoms with van der Waals surface area (Å²) in [5.74, 6) is 1.20. The number of aryl methyl sites for hydroxylation is 1. The van der Waals surface area contributed by atoms with E-state index in [-0.39, 0.29) is 0 Å². The van der Waals surface area contributed by atoms with E-state index in [9.17, 15) is 0 Å². The number of hydrogen-bond acceptors (Lipinski definition) is 4. The highest BCUT2D eigenvalue weighted by Gasteiger charge is 2.07. The van der Waals surface area contributed by atoms with E-state index in [0.29, 0.717) is 24.1 Å². The number of rotatable bonds is 8. The van der Waals surface area contributed by atoms with Gasteiger partial charge in [0.15, 0.2) is 0 Å². The quantitative estimate of drug-likeness (QED) is 0.453. The van der Waals surface area contributed by atoms with E-state index >= 15 is 0 Å². The normalized spacial score (nSPS) is 11.3. The van der Waals surface area contributed by atoms with Crippen LogP contribution >= 0.6 is 0 Å². The molecule has 0 saturated carbocycles. The first-order valence-electron chi connectivity index (χ1n) is 7.58. The average molecular weight is 292 g/mol. The molecule has 0 aliphatic heterocycles. The maximum absolute atomic E-state index is 6.00. The number of nitrogens with two attached hydrogens (primary N) is 1. The molecule has 0 saturated heterocycles. The van der Waals surface area contributed by atoms with E-state index in [1.165, 1.54) is 0 Å². The molecule has 0 aromatic carbocycles. The first-order chi connectivity index (χ1) is 9.93. The van der Waals surface area contributed by atoms with Gasteiger partial charge in [0.25, 0.3) is 0 Å². The Morgan fingerprint density at radius 1 is 1.48 bits per heavy atom. The largest absolute Gasteiger partial charge is 0.476 e. The lowest BCUT2D eigenvalue weighted by molar-refractivity contribution is 0.288. The lowest BCUT2D eigenvalue weighted by Gasteiger charge is -2.12. The highest BCUT2D eigenvalue weighted by molar-refractivity contribution is 5.66. The fourth-order valence-corrected chi connectivity index (χ4v) is 1.74. The van der Waals surface area contributed by atoms with Gasteiger partial charge >= 0.3 is 0 Å². The van der Waals surface area contributed by atoms with Crippen molar-refractivity contribution in [1.82, 2.24) is 9.88 Å². The Morgan fingerprint density at radius 3 is 2.81 bits per heavy atom. The zero-order chi connectivity index (χ0) is 15.8. The second kappa shape index (κ2) is 8.49. The van der Waals surface area contributed by atoms with Crippen LogP contribution in [0.2, 0.25) is 0 Å². The van der Waals surface area contributed by atoms with Gasteiger partial charge in [-0.05, 0) is 38.7 Å². The van der Waals surface area contributed by atoms with Crippen molar-refractivity contribution in [1.29, 1.82) is 0 Å². The summed E-state index contributed by atoms with van der Waals surface area (Å²) in [4.78, 5) is 10.8. The molecule has 0 aliphatic carbocycles. The molecule has 0 spiro atoms. The van der Waals surface area contributed by atoms with Crippen LogP contribution in [-0.4, -0.2) is 36.4 Å². The number of pyridine rings is 1. The van der Waals surface area contributed by atoms with Gasteiger partial charge in [-0.1, -0.05) is 13.8 Å². The molecule has 2 N–H and O–H groups in total. The fraction of sp³-hybridized carbons (Fsp3) is 0.625. The van der Waals surface area contributed by atoms with Crippen LogP contribution in [0.5, 0.6) is 5.88 Å². The molecule has 21 heavy (non-hydrogen) atoms. The van der Waals surface area contributed by atoms with Crippen LogP contribution in [0, 0.1) is 12.8 Å². The number of nitrogens with zero attached hydrogens (tertiary/aromatic N) is 3. The van der Waals surface area contributed by atoms with E-state index in [1.807, 2.05) is 24.9 Å². The van der Waals surface area contributed by atoms with Crippen molar-refractivity contribution < 1.29 is 4.74 Å². The SMILES string of the molecule is CCN(C)/C=N/c1cc(N)c(OCCCC(C)C)nc1C. The Labute approximate surface area is 128 Å². The lowest BCUT2D eigenvalue weighted by Crippen LogP contribution is -2.14. The Kier molecular flexibility index (Phi) is 6.99. The Bertz CT molecular complexity index is 472. The van der Waals surface area contributed by atoms with Gasteiger partial charge in [-0.2, -0.15) is 0 Å². The van der Waals surface area contributed by atoms with Crippen molar-refractivity contribution in [3.63, 3.8) is 0 Å². The molecule has 1 aromatic rings. The van der Waals surface area contributed by atoms with Gasteiger partial charge in [0.2, 0.25) is 5.88 Å². The van der Waals surface area contributed by atoms with Crippen LogP contribution in [0.4, 0.5) is 11.4 Å². The first kappa shape index (κ1) is 17.3. The summed E-state index contributed by atoms with van der Waals surface area (Å²) in [6, 6.07) is 1.82. The summed E-state index contributed by atoms with van der Waals surface area (Å²) in [6.45, 7) is 9.95. The number of nitrogen functional groups attached to an aromatic ring is 1. The van der Waals surface area contributed by atoms with Crippen molar-refractivity contribution in [2.75, 3.05) is 25.9 Å². The second-order valence-corrected chi connectivity index (χ2v) is 5.69. The maximum atomic E-state index is 6.00. The number of ether oxygens (including phenoxy) is 1. The minimum absolute atomic E-state index is 0.513. The van der Waals surface area contributed by atoms with Crippen LogP contribution in [0.25, 0.3) is 0 Å². The van der Waals surface area contributed by atoms with Crippen molar-refractivity contribution in [3.05, 3.63) is 11.8 Å². The van der Waals surface area contributed by atoms with Crippen LogP contribution in [0.3, 0.4) is 0 Å². The van der Waals surface area contributed by atoms with Crippen molar-refractivity contribution >= 4 is 17.7 Å². The smallest absolute Gasteiger partial charge is 0.237 e. The summed E-state index contributed by atoms with van der Waals surface area (Å²) in [5, 5.41) is 0. The van der Waals surface area contributed by atoms with Gasteiger partial charge in [0, 0.05) is 13.6 Å². The minimum atomic E-state index is 0.513. The third-order valence-corrected chi connectivity index (χ3v) is 3.24. The zero-order valence-electron chi connectivity index (χ0n) is 13.9. The van der Waals surface area contributed by atoms with Gasteiger partial charge < -0.3 is 15.4 Å². The van der Waals surface area contributed by atoms with Crippen molar-refractivity contribution in [2.24, 2.45) is 10.9 Å². The average Bonchev–Trinajstić information content (AvgIpc) is 2.44.